The minimum Gasteiger partial charge on any atom is -0.493 e. The number of hydrogen-bond acceptors (Lipinski definition) is 4. The van der Waals surface area contributed by atoms with Crippen LogP contribution in [0, 0.1) is 0 Å². The number of benzene rings is 1. The zero-order valence-electron chi connectivity index (χ0n) is 14.5. The lowest BCUT2D eigenvalue weighted by molar-refractivity contribution is -0.0417. The molecule has 4 nitrogen and oxygen atoms in total. The van der Waals surface area contributed by atoms with Crippen molar-refractivity contribution in [3.8, 4) is 5.75 Å². The van der Waals surface area contributed by atoms with Crippen LogP contribution in [0.4, 0.5) is 0 Å². The molecule has 1 aromatic carbocycles. The van der Waals surface area contributed by atoms with Crippen molar-refractivity contribution < 1.29 is 14.2 Å². The molecule has 0 radical (unpaired) electrons. The molecule has 3 aliphatic heterocycles. The number of ether oxygens (including phenoxy) is 3. The highest BCUT2D eigenvalue weighted by Gasteiger charge is 2.22. The summed E-state index contributed by atoms with van der Waals surface area (Å²) in [5.74, 6) is 1.09. The van der Waals surface area contributed by atoms with Crippen molar-refractivity contribution in [2.45, 2.75) is 50.7 Å². The fourth-order valence-electron chi connectivity index (χ4n) is 4.00. The van der Waals surface area contributed by atoms with Crippen molar-refractivity contribution in [2.75, 3.05) is 39.5 Å². The van der Waals surface area contributed by atoms with Gasteiger partial charge in [-0.1, -0.05) is 12.1 Å². The molecule has 4 rings (SSSR count). The van der Waals surface area contributed by atoms with E-state index in [0.29, 0.717) is 12.2 Å². The normalized spacial score (nSPS) is 24.9. The first kappa shape index (κ1) is 16.4. The first-order valence-electron chi connectivity index (χ1n) is 9.57. The predicted molar refractivity (Wildman–Crippen MR) is 93.7 cm³/mol. The van der Waals surface area contributed by atoms with E-state index in [1.54, 1.807) is 0 Å². The van der Waals surface area contributed by atoms with Crippen molar-refractivity contribution in [1.82, 2.24) is 4.90 Å². The summed E-state index contributed by atoms with van der Waals surface area (Å²) in [7, 11) is 0. The third kappa shape index (κ3) is 4.11. The number of likely N-dealkylation sites (tertiary alicyclic amines) is 1. The Morgan fingerprint density at radius 3 is 2.88 bits per heavy atom. The van der Waals surface area contributed by atoms with Gasteiger partial charge in [-0.3, -0.25) is 0 Å². The van der Waals surface area contributed by atoms with E-state index >= 15 is 0 Å². The van der Waals surface area contributed by atoms with Crippen LogP contribution in [-0.4, -0.2) is 56.6 Å². The summed E-state index contributed by atoms with van der Waals surface area (Å²) in [6.45, 7) is 6.02. The van der Waals surface area contributed by atoms with E-state index in [9.17, 15) is 0 Å². The molecule has 3 aliphatic rings. The second kappa shape index (κ2) is 7.85. The molecule has 0 spiro atoms. The number of fused-ring (bicyclic) bond motifs is 1. The summed E-state index contributed by atoms with van der Waals surface area (Å²) in [5, 5.41) is 0. The molecule has 0 amide bonds. The van der Waals surface area contributed by atoms with E-state index in [1.807, 2.05) is 0 Å². The first-order valence-corrected chi connectivity index (χ1v) is 9.57. The maximum atomic E-state index is 6.06. The topological polar surface area (TPSA) is 30.9 Å². The molecule has 24 heavy (non-hydrogen) atoms. The van der Waals surface area contributed by atoms with Crippen LogP contribution >= 0.6 is 0 Å². The summed E-state index contributed by atoms with van der Waals surface area (Å²) in [4.78, 5) is 2.58. The monoisotopic (exact) mass is 331 g/mol. The molecule has 2 saturated heterocycles. The highest BCUT2D eigenvalue weighted by atomic mass is 16.5. The Morgan fingerprint density at radius 2 is 2.04 bits per heavy atom. The molecule has 0 N–H and O–H groups in total. The second-order valence-electron chi connectivity index (χ2n) is 7.30. The molecule has 0 aliphatic carbocycles. The zero-order chi connectivity index (χ0) is 16.2. The highest BCUT2D eigenvalue weighted by Crippen LogP contribution is 2.26. The maximum absolute atomic E-state index is 6.06. The van der Waals surface area contributed by atoms with Gasteiger partial charge in [-0.25, -0.2) is 0 Å². The van der Waals surface area contributed by atoms with Crippen LogP contribution in [0.2, 0.25) is 0 Å². The third-order valence-corrected chi connectivity index (χ3v) is 5.55. The Kier molecular flexibility index (Phi) is 5.36. The largest absolute Gasteiger partial charge is 0.493 e. The van der Waals surface area contributed by atoms with Crippen LogP contribution in [0.15, 0.2) is 18.2 Å². The van der Waals surface area contributed by atoms with Crippen molar-refractivity contribution in [3.05, 3.63) is 29.3 Å². The van der Waals surface area contributed by atoms with Crippen LogP contribution in [0.3, 0.4) is 0 Å². The van der Waals surface area contributed by atoms with E-state index in [0.717, 1.165) is 70.9 Å². The lowest BCUT2D eigenvalue weighted by atomic mass is 10.0. The fraction of sp³-hybridized carbons (Fsp3) is 0.700. The molecule has 1 aromatic rings. The van der Waals surface area contributed by atoms with Crippen LogP contribution in [-0.2, 0) is 22.3 Å². The summed E-state index contributed by atoms with van der Waals surface area (Å²) in [6, 6.07) is 6.70. The summed E-state index contributed by atoms with van der Waals surface area (Å²) in [5.41, 5.74) is 2.82. The summed E-state index contributed by atoms with van der Waals surface area (Å²) < 4.78 is 17.3. The van der Waals surface area contributed by atoms with Crippen LogP contribution in [0.1, 0.15) is 36.8 Å². The van der Waals surface area contributed by atoms with Gasteiger partial charge in [-0.05, 0) is 49.3 Å². The standard InChI is InChI=1S/C20H29NO3/c1-2-19(22-12-1)15-24-18-6-10-21(11-7-18)9-5-16-3-4-20-17(14-16)8-13-23-20/h3-4,14,18-19H,1-2,5-13,15H2. The van der Waals surface area contributed by atoms with Crippen molar-refractivity contribution >= 4 is 0 Å². The first-order chi connectivity index (χ1) is 11.9. The SMILES string of the molecule is c1cc2c(cc1CCN1CCC(OCC3CCCO3)CC1)CCO2. The molecule has 1 unspecified atom stereocenters. The van der Waals surface area contributed by atoms with Gasteiger partial charge < -0.3 is 19.1 Å². The van der Waals surface area contributed by atoms with Crippen molar-refractivity contribution in [1.29, 1.82) is 0 Å². The summed E-state index contributed by atoms with van der Waals surface area (Å²) >= 11 is 0. The number of piperidine rings is 1. The Hall–Kier alpha value is -1.10. The average molecular weight is 331 g/mol. The third-order valence-electron chi connectivity index (χ3n) is 5.55. The van der Waals surface area contributed by atoms with Gasteiger partial charge in [0.05, 0.1) is 25.4 Å². The van der Waals surface area contributed by atoms with E-state index in [1.165, 1.54) is 24.0 Å². The smallest absolute Gasteiger partial charge is 0.122 e. The molecule has 4 heteroatoms. The lowest BCUT2D eigenvalue weighted by Gasteiger charge is -2.32. The van der Waals surface area contributed by atoms with Gasteiger partial charge in [-0.15, -0.1) is 0 Å². The van der Waals surface area contributed by atoms with E-state index in [4.69, 9.17) is 14.2 Å². The summed E-state index contributed by atoms with van der Waals surface area (Å²) in [6.07, 6.45) is 7.67. The molecule has 0 bridgehead atoms. The quantitative estimate of drug-likeness (QED) is 0.802. The Balaban J connectivity index is 1.16. The Morgan fingerprint density at radius 1 is 1.12 bits per heavy atom. The molecule has 3 heterocycles. The molecular formula is C20H29NO3. The highest BCUT2D eigenvalue weighted by molar-refractivity contribution is 5.39. The van der Waals surface area contributed by atoms with Gasteiger partial charge >= 0.3 is 0 Å². The lowest BCUT2D eigenvalue weighted by Crippen LogP contribution is -2.38. The molecule has 2 fully saturated rings. The average Bonchev–Trinajstić information content (AvgIpc) is 3.30. The van der Waals surface area contributed by atoms with Crippen LogP contribution in [0.5, 0.6) is 5.75 Å². The molecule has 132 valence electrons. The maximum Gasteiger partial charge on any atom is 0.122 e. The number of hydrogen-bond donors (Lipinski definition) is 0. The minimum atomic E-state index is 0.354. The number of rotatable bonds is 6. The van der Waals surface area contributed by atoms with Crippen molar-refractivity contribution in [2.24, 2.45) is 0 Å². The Labute approximate surface area is 145 Å². The predicted octanol–water partition coefficient (Wildman–Crippen LogP) is 2.82. The van der Waals surface area contributed by atoms with Gasteiger partial charge in [0.25, 0.3) is 0 Å². The Bertz CT molecular complexity index is 534. The zero-order valence-corrected chi connectivity index (χ0v) is 14.5. The fourth-order valence-corrected chi connectivity index (χ4v) is 4.00. The molecule has 1 atom stereocenters. The van der Waals surface area contributed by atoms with Gasteiger partial charge in [-0.2, -0.15) is 0 Å². The molecule has 0 saturated carbocycles. The van der Waals surface area contributed by atoms with Crippen LogP contribution < -0.4 is 4.74 Å². The van der Waals surface area contributed by atoms with Crippen LogP contribution in [0.25, 0.3) is 0 Å². The van der Waals surface area contributed by atoms with Gasteiger partial charge in [0.15, 0.2) is 0 Å². The van der Waals surface area contributed by atoms with Gasteiger partial charge in [0, 0.05) is 32.7 Å². The van der Waals surface area contributed by atoms with E-state index in [2.05, 4.69) is 23.1 Å². The van der Waals surface area contributed by atoms with E-state index in [-0.39, 0.29) is 0 Å². The van der Waals surface area contributed by atoms with E-state index < -0.39 is 0 Å². The van der Waals surface area contributed by atoms with Crippen molar-refractivity contribution in [3.63, 3.8) is 0 Å². The second-order valence-corrected chi connectivity index (χ2v) is 7.30. The minimum absolute atomic E-state index is 0.354. The molecule has 0 aromatic heterocycles. The van der Waals surface area contributed by atoms with Gasteiger partial charge in [0.2, 0.25) is 0 Å². The molecular weight excluding hydrogens is 302 g/mol. The number of nitrogens with zero attached hydrogens (tertiary/aromatic N) is 1. The van der Waals surface area contributed by atoms with Gasteiger partial charge in [0.1, 0.15) is 5.75 Å².